The van der Waals surface area contributed by atoms with Crippen molar-refractivity contribution in [1.29, 1.82) is 0 Å². The van der Waals surface area contributed by atoms with Gasteiger partial charge in [-0.1, -0.05) is 43.0 Å². The molecule has 0 aliphatic carbocycles. The van der Waals surface area contributed by atoms with E-state index in [2.05, 4.69) is 13.2 Å². The molecule has 2 aromatic carbocycles. The zero-order chi connectivity index (χ0) is 18.9. The Bertz CT molecular complexity index is 834. The summed E-state index contributed by atoms with van der Waals surface area (Å²) in [6.07, 6.45) is 6.85. The van der Waals surface area contributed by atoms with Crippen molar-refractivity contribution in [3.8, 4) is 17.2 Å². The lowest BCUT2D eigenvalue weighted by molar-refractivity contribution is 0.104. The molecule has 0 saturated carbocycles. The van der Waals surface area contributed by atoms with E-state index in [4.69, 9.17) is 9.47 Å². The van der Waals surface area contributed by atoms with Crippen LogP contribution in [0.5, 0.6) is 17.2 Å². The van der Waals surface area contributed by atoms with E-state index in [1.807, 2.05) is 12.1 Å². The third-order valence-corrected chi connectivity index (χ3v) is 3.74. The molecule has 0 fully saturated rings. The molecule has 0 aliphatic rings. The van der Waals surface area contributed by atoms with E-state index in [9.17, 15) is 9.90 Å². The third kappa shape index (κ3) is 4.42. The van der Waals surface area contributed by atoms with Crippen LogP contribution in [0, 0.1) is 0 Å². The van der Waals surface area contributed by atoms with Crippen molar-refractivity contribution >= 4 is 11.9 Å². The minimum Gasteiger partial charge on any atom is -0.507 e. The van der Waals surface area contributed by atoms with Gasteiger partial charge in [0.25, 0.3) is 0 Å². The molecule has 0 bridgehead atoms. The second-order valence-electron chi connectivity index (χ2n) is 5.48. The molecule has 26 heavy (non-hydrogen) atoms. The topological polar surface area (TPSA) is 55.8 Å². The van der Waals surface area contributed by atoms with E-state index in [0.717, 1.165) is 0 Å². The summed E-state index contributed by atoms with van der Waals surface area (Å²) >= 11 is 0. The van der Waals surface area contributed by atoms with Gasteiger partial charge in [-0.3, -0.25) is 4.79 Å². The quantitative estimate of drug-likeness (QED) is 0.408. The maximum absolute atomic E-state index is 12.5. The Morgan fingerprint density at radius 2 is 1.92 bits per heavy atom. The van der Waals surface area contributed by atoms with Crippen LogP contribution in [-0.2, 0) is 6.42 Å². The smallest absolute Gasteiger partial charge is 0.189 e. The lowest BCUT2D eigenvalue weighted by Crippen LogP contribution is -1.99. The minimum atomic E-state index is -0.300. The maximum atomic E-state index is 12.5. The fourth-order valence-corrected chi connectivity index (χ4v) is 2.49. The number of rotatable bonds is 9. The summed E-state index contributed by atoms with van der Waals surface area (Å²) in [5.74, 6) is 0.780. The summed E-state index contributed by atoms with van der Waals surface area (Å²) in [5, 5.41) is 10.3. The average molecular weight is 350 g/mol. The number of ether oxygens (including phenoxy) is 2. The normalized spacial score (nSPS) is 10.5. The molecule has 1 N–H and O–H groups in total. The van der Waals surface area contributed by atoms with Crippen molar-refractivity contribution in [1.82, 2.24) is 0 Å². The molecule has 0 atom stereocenters. The third-order valence-electron chi connectivity index (χ3n) is 3.74. The lowest BCUT2D eigenvalue weighted by atomic mass is 10.0. The lowest BCUT2D eigenvalue weighted by Gasteiger charge is -2.12. The number of benzene rings is 2. The van der Waals surface area contributed by atoms with Crippen LogP contribution in [0.2, 0.25) is 0 Å². The van der Waals surface area contributed by atoms with Crippen LogP contribution in [0.3, 0.4) is 0 Å². The number of ketones is 1. The zero-order valence-corrected chi connectivity index (χ0v) is 14.8. The molecule has 0 heterocycles. The number of methoxy groups -OCH3 is 1. The van der Waals surface area contributed by atoms with Crippen LogP contribution in [0.4, 0.5) is 0 Å². The molecule has 2 rings (SSSR count). The van der Waals surface area contributed by atoms with Crippen LogP contribution in [0.1, 0.15) is 21.5 Å². The molecular weight excluding hydrogens is 328 g/mol. The van der Waals surface area contributed by atoms with Crippen molar-refractivity contribution < 1.29 is 19.4 Å². The Balaban J connectivity index is 2.32. The molecule has 0 spiro atoms. The Kier molecular flexibility index (Phi) is 6.80. The summed E-state index contributed by atoms with van der Waals surface area (Å²) < 4.78 is 11.0. The van der Waals surface area contributed by atoms with E-state index in [1.165, 1.54) is 6.08 Å². The molecule has 0 amide bonds. The van der Waals surface area contributed by atoms with Crippen molar-refractivity contribution in [2.75, 3.05) is 13.7 Å². The molecule has 134 valence electrons. The van der Waals surface area contributed by atoms with Gasteiger partial charge in [-0.2, -0.15) is 0 Å². The van der Waals surface area contributed by atoms with Crippen LogP contribution in [0.25, 0.3) is 6.08 Å². The van der Waals surface area contributed by atoms with Crippen molar-refractivity contribution in [2.45, 2.75) is 6.42 Å². The van der Waals surface area contributed by atoms with Gasteiger partial charge in [0.2, 0.25) is 0 Å². The number of phenolic OH excluding ortho intramolecular Hbond substituents is 1. The number of carbonyl (C=O) groups is 1. The highest BCUT2D eigenvalue weighted by molar-refractivity contribution is 6.09. The highest BCUT2D eigenvalue weighted by Gasteiger charge is 2.12. The summed E-state index contributed by atoms with van der Waals surface area (Å²) in [6.45, 7) is 7.61. The largest absolute Gasteiger partial charge is 0.507 e. The number of aromatic hydroxyl groups is 1. The van der Waals surface area contributed by atoms with Gasteiger partial charge < -0.3 is 14.6 Å². The number of carbonyl (C=O) groups excluding carboxylic acids is 1. The van der Waals surface area contributed by atoms with Gasteiger partial charge in [-0.25, -0.2) is 0 Å². The molecule has 4 nitrogen and oxygen atoms in total. The summed E-state index contributed by atoms with van der Waals surface area (Å²) in [6, 6.07) is 10.5. The first kappa shape index (κ1) is 19.1. The van der Waals surface area contributed by atoms with Crippen LogP contribution >= 0.6 is 0 Å². The Hall–Kier alpha value is -3.27. The second-order valence-corrected chi connectivity index (χ2v) is 5.48. The molecule has 0 unspecified atom stereocenters. The summed E-state index contributed by atoms with van der Waals surface area (Å²) in [5.41, 5.74) is 1.61. The molecule has 0 saturated heterocycles. The van der Waals surface area contributed by atoms with Gasteiger partial charge in [0, 0.05) is 5.56 Å². The maximum Gasteiger partial charge on any atom is 0.189 e. The second kappa shape index (κ2) is 9.28. The fourth-order valence-electron chi connectivity index (χ4n) is 2.49. The van der Waals surface area contributed by atoms with Crippen molar-refractivity contribution in [2.24, 2.45) is 0 Å². The van der Waals surface area contributed by atoms with E-state index >= 15 is 0 Å². The number of para-hydroxylation sites is 2. The van der Waals surface area contributed by atoms with E-state index in [-0.39, 0.29) is 17.1 Å². The standard InChI is InChI=1S/C22H22O4/c1-4-8-16-9-6-11-18(21(16)24)19(23)14-13-17-10-7-12-20(25-3)22(17)26-15-5-2/h4-7,9-14,24H,1-2,8,15H2,3H3/b14-13+. The first-order chi connectivity index (χ1) is 12.6. The van der Waals surface area contributed by atoms with E-state index in [0.29, 0.717) is 35.7 Å². The Morgan fingerprint density at radius 1 is 1.15 bits per heavy atom. The number of allylic oxidation sites excluding steroid dienone is 2. The van der Waals surface area contributed by atoms with Gasteiger partial charge in [0.15, 0.2) is 17.3 Å². The molecule has 0 aromatic heterocycles. The molecule has 0 aliphatic heterocycles. The van der Waals surface area contributed by atoms with E-state index in [1.54, 1.807) is 49.6 Å². The number of phenols is 1. The highest BCUT2D eigenvalue weighted by Crippen LogP contribution is 2.32. The van der Waals surface area contributed by atoms with Gasteiger partial charge in [-0.05, 0) is 36.3 Å². The van der Waals surface area contributed by atoms with Crippen LogP contribution in [0.15, 0.2) is 67.8 Å². The van der Waals surface area contributed by atoms with Crippen LogP contribution < -0.4 is 9.47 Å². The predicted molar refractivity (Wildman–Crippen MR) is 104 cm³/mol. The van der Waals surface area contributed by atoms with Crippen molar-refractivity contribution in [3.05, 3.63) is 84.5 Å². The predicted octanol–water partition coefficient (Wildman–Crippen LogP) is 4.59. The van der Waals surface area contributed by atoms with Gasteiger partial charge in [-0.15, -0.1) is 6.58 Å². The molecule has 4 heteroatoms. The first-order valence-corrected chi connectivity index (χ1v) is 8.17. The number of hydrogen-bond donors (Lipinski definition) is 1. The summed E-state index contributed by atoms with van der Waals surface area (Å²) in [7, 11) is 1.55. The Labute approximate surface area is 153 Å². The van der Waals surface area contributed by atoms with Crippen molar-refractivity contribution in [3.63, 3.8) is 0 Å². The van der Waals surface area contributed by atoms with Gasteiger partial charge >= 0.3 is 0 Å². The molecule has 2 aromatic rings. The summed E-state index contributed by atoms with van der Waals surface area (Å²) in [4.78, 5) is 12.5. The molecular formula is C22H22O4. The first-order valence-electron chi connectivity index (χ1n) is 8.17. The van der Waals surface area contributed by atoms with E-state index < -0.39 is 0 Å². The monoisotopic (exact) mass is 350 g/mol. The SMILES string of the molecule is C=CCOc1c(/C=C/C(=O)c2cccc(CC=C)c2O)cccc1OC. The van der Waals surface area contributed by atoms with Gasteiger partial charge in [0.1, 0.15) is 12.4 Å². The van der Waals surface area contributed by atoms with Crippen LogP contribution in [-0.4, -0.2) is 24.6 Å². The highest BCUT2D eigenvalue weighted by atomic mass is 16.5. The fraction of sp³-hybridized carbons (Fsp3) is 0.136. The minimum absolute atomic E-state index is 0.0178. The zero-order valence-electron chi connectivity index (χ0n) is 14.8. The van der Waals surface area contributed by atoms with Gasteiger partial charge in [0.05, 0.1) is 12.7 Å². The average Bonchev–Trinajstić information content (AvgIpc) is 2.66. The Morgan fingerprint density at radius 3 is 2.62 bits per heavy atom. The molecule has 0 radical (unpaired) electrons. The number of hydrogen-bond acceptors (Lipinski definition) is 4.